The summed E-state index contributed by atoms with van der Waals surface area (Å²) < 4.78 is 0. The van der Waals surface area contributed by atoms with Gasteiger partial charge in [-0.2, -0.15) is 15.0 Å². The summed E-state index contributed by atoms with van der Waals surface area (Å²) in [5.74, 6) is 0.285. The van der Waals surface area contributed by atoms with E-state index in [2.05, 4.69) is 21.5 Å². The van der Waals surface area contributed by atoms with E-state index in [9.17, 15) is 4.79 Å². The van der Waals surface area contributed by atoms with Gasteiger partial charge in [-0.15, -0.1) is 6.58 Å². The van der Waals surface area contributed by atoms with Crippen LogP contribution in [0, 0.1) is 0 Å². The molecule has 0 aromatic carbocycles. The van der Waals surface area contributed by atoms with E-state index in [-0.39, 0.29) is 6.54 Å². The molecule has 0 atom stereocenters. The predicted octanol–water partition coefficient (Wildman–Crippen LogP) is 1.78. The fourth-order valence-electron chi connectivity index (χ4n) is 1.29. The Balaban J connectivity index is 3.08. The quantitative estimate of drug-likeness (QED) is 0.575. The molecule has 0 spiro atoms. The lowest BCUT2D eigenvalue weighted by atomic mass is 10.5. The number of nitrogens with zero attached hydrogens (tertiary/aromatic N) is 4. The fourth-order valence-corrected chi connectivity index (χ4v) is 2.25. The number of carbonyl (C=O) groups is 1. The van der Waals surface area contributed by atoms with Crippen LogP contribution in [0.2, 0.25) is 0 Å². The minimum atomic E-state index is -0.933. The highest BCUT2D eigenvalue weighted by Crippen LogP contribution is 2.20. The highest BCUT2D eigenvalue weighted by atomic mass is 32.2. The Morgan fingerprint density at radius 3 is 2.63 bits per heavy atom. The number of aromatic nitrogens is 3. The smallest absolute Gasteiger partial charge is 0.323 e. The van der Waals surface area contributed by atoms with E-state index in [1.807, 2.05) is 13.2 Å². The number of thioether (sulfide) groups is 2. The molecule has 0 aliphatic carbocycles. The minimum absolute atomic E-state index is 0.167. The van der Waals surface area contributed by atoms with Crippen molar-refractivity contribution in [3.8, 4) is 0 Å². The van der Waals surface area contributed by atoms with Crippen LogP contribution in [-0.4, -0.2) is 51.1 Å². The minimum Gasteiger partial charge on any atom is -0.480 e. The molecule has 0 saturated heterocycles. The second-order valence-corrected chi connectivity index (χ2v) is 5.41. The lowest BCUT2D eigenvalue weighted by Crippen LogP contribution is -2.31. The third kappa shape index (κ3) is 5.07. The molecular weight excluding hydrogens is 284 g/mol. The second-order valence-electron chi connectivity index (χ2n) is 3.40. The van der Waals surface area contributed by atoms with Crippen LogP contribution in [0.3, 0.4) is 0 Å². The summed E-state index contributed by atoms with van der Waals surface area (Å²) in [6.07, 6.45) is 3.49. The van der Waals surface area contributed by atoms with Crippen molar-refractivity contribution in [2.24, 2.45) is 0 Å². The summed E-state index contributed by atoms with van der Waals surface area (Å²) in [6, 6.07) is 0. The van der Waals surface area contributed by atoms with Gasteiger partial charge in [-0.25, -0.2) is 0 Å². The molecule has 1 aromatic heterocycles. The van der Waals surface area contributed by atoms with Crippen LogP contribution < -0.4 is 4.90 Å². The van der Waals surface area contributed by atoms with Gasteiger partial charge in [0.1, 0.15) is 6.54 Å². The molecule has 1 aromatic rings. The average Bonchev–Trinajstić information content (AvgIpc) is 2.37. The molecule has 0 aliphatic heterocycles. The van der Waals surface area contributed by atoms with E-state index in [1.165, 1.54) is 23.5 Å². The maximum absolute atomic E-state index is 10.9. The molecule has 1 N–H and O–H groups in total. The number of aliphatic carboxylic acids is 1. The van der Waals surface area contributed by atoms with Gasteiger partial charge < -0.3 is 10.0 Å². The Morgan fingerprint density at radius 1 is 1.42 bits per heavy atom. The van der Waals surface area contributed by atoms with Crippen LogP contribution in [0.25, 0.3) is 0 Å². The Morgan fingerprint density at radius 2 is 2.11 bits per heavy atom. The summed E-state index contributed by atoms with van der Waals surface area (Å²) in [4.78, 5) is 25.2. The molecule has 0 fully saturated rings. The highest BCUT2D eigenvalue weighted by Gasteiger charge is 2.15. The molecule has 0 radical (unpaired) electrons. The SMILES string of the molecule is C=CCN(CC(=O)O)c1nc(SC)nc(SCC)n1. The van der Waals surface area contributed by atoms with E-state index in [0.29, 0.717) is 22.8 Å². The van der Waals surface area contributed by atoms with Crippen molar-refractivity contribution in [3.63, 3.8) is 0 Å². The normalized spacial score (nSPS) is 10.2. The van der Waals surface area contributed by atoms with E-state index >= 15 is 0 Å². The molecule has 0 bridgehead atoms. The first-order valence-corrected chi connectivity index (χ1v) is 7.82. The van der Waals surface area contributed by atoms with Gasteiger partial charge in [0.15, 0.2) is 10.3 Å². The molecule has 0 saturated carbocycles. The Bertz CT molecular complexity index is 456. The maximum atomic E-state index is 10.9. The summed E-state index contributed by atoms with van der Waals surface area (Å²) in [5, 5.41) is 10.1. The first kappa shape index (κ1) is 15.8. The lowest BCUT2D eigenvalue weighted by molar-refractivity contribution is -0.135. The molecule has 0 unspecified atom stereocenters. The van der Waals surface area contributed by atoms with Crippen LogP contribution in [0.4, 0.5) is 5.95 Å². The number of hydrogen-bond acceptors (Lipinski definition) is 7. The summed E-state index contributed by atoms with van der Waals surface area (Å²) in [7, 11) is 0. The van der Waals surface area contributed by atoms with Gasteiger partial charge in [0, 0.05) is 6.54 Å². The molecule has 0 amide bonds. The van der Waals surface area contributed by atoms with E-state index in [1.54, 1.807) is 11.0 Å². The number of hydrogen-bond donors (Lipinski definition) is 1. The maximum Gasteiger partial charge on any atom is 0.323 e. The van der Waals surface area contributed by atoms with E-state index in [4.69, 9.17) is 5.11 Å². The largest absolute Gasteiger partial charge is 0.480 e. The number of carboxylic acid groups (broad SMARTS) is 1. The van der Waals surface area contributed by atoms with Crippen LogP contribution in [0.1, 0.15) is 6.92 Å². The third-order valence-electron chi connectivity index (χ3n) is 2.00. The van der Waals surface area contributed by atoms with Crippen molar-refractivity contribution >= 4 is 35.4 Å². The molecule has 19 heavy (non-hydrogen) atoms. The topological polar surface area (TPSA) is 79.2 Å². The van der Waals surface area contributed by atoms with Crippen molar-refractivity contribution < 1.29 is 9.90 Å². The molecule has 1 heterocycles. The molecular formula is C11H16N4O2S2. The Kier molecular flexibility index (Phi) is 6.65. The van der Waals surface area contributed by atoms with Crippen molar-refractivity contribution in [2.45, 2.75) is 17.2 Å². The third-order valence-corrected chi connectivity index (χ3v) is 3.27. The Hall–Kier alpha value is -1.28. The van der Waals surface area contributed by atoms with Crippen LogP contribution in [0.15, 0.2) is 23.0 Å². The Labute approximate surface area is 120 Å². The van der Waals surface area contributed by atoms with Gasteiger partial charge in [-0.05, 0) is 12.0 Å². The van der Waals surface area contributed by atoms with Gasteiger partial charge in [-0.3, -0.25) is 4.79 Å². The molecule has 1 rings (SSSR count). The van der Waals surface area contributed by atoms with Crippen molar-refractivity contribution in [2.75, 3.05) is 30.0 Å². The molecule has 104 valence electrons. The highest BCUT2D eigenvalue weighted by molar-refractivity contribution is 7.99. The zero-order valence-electron chi connectivity index (χ0n) is 10.9. The fraction of sp³-hybridized carbons (Fsp3) is 0.455. The predicted molar refractivity (Wildman–Crippen MR) is 78.1 cm³/mol. The monoisotopic (exact) mass is 300 g/mol. The molecule has 8 heteroatoms. The van der Waals surface area contributed by atoms with Gasteiger partial charge in [0.25, 0.3) is 0 Å². The number of anilines is 1. The zero-order chi connectivity index (χ0) is 14.3. The van der Waals surface area contributed by atoms with Gasteiger partial charge in [0.05, 0.1) is 0 Å². The van der Waals surface area contributed by atoms with Gasteiger partial charge in [-0.1, -0.05) is 36.5 Å². The standard InChI is InChI=1S/C11H16N4O2S2/c1-4-6-15(7-8(16)17)9-12-10(18-3)14-11(13-9)19-5-2/h4H,1,5-7H2,2-3H3,(H,16,17). The van der Waals surface area contributed by atoms with Crippen molar-refractivity contribution in [3.05, 3.63) is 12.7 Å². The van der Waals surface area contributed by atoms with Crippen LogP contribution >= 0.6 is 23.5 Å². The first-order chi connectivity index (χ1) is 9.10. The molecule has 0 aliphatic rings. The van der Waals surface area contributed by atoms with Crippen molar-refractivity contribution in [1.29, 1.82) is 0 Å². The van der Waals surface area contributed by atoms with Gasteiger partial charge >= 0.3 is 5.97 Å². The second kappa shape index (κ2) is 8.00. The summed E-state index contributed by atoms with van der Waals surface area (Å²) >= 11 is 2.90. The van der Waals surface area contributed by atoms with Crippen LogP contribution in [0.5, 0.6) is 0 Å². The number of rotatable bonds is 8. The summed E-state index contributed by atoms with van der Waals surface area (Å²) in [6.45, 7) is 5.83. The number of carboxylic acids is 1. The summed E-state index contributed by atoms with van der Waals surface area (Å²) in [5.41, 5.74) is 0. The average molecular weight is 300 g/mol. The first-order valence-electron chi connectivity index (χ1n) is 5.61. The van der Waals surface area contributed by atoms with Crippen LogP contribution in [-0.2, 0) is 4.79 Å². The molecule has 6 nitrogen and oxygen atoms in total. The lowest BCUT2D eigenvalue weighted by Gasteiger charge is -2.19. The zero-order valence-corrected chi connectivity index (χ0v) is 12.5. The van der Waals surface area contributed by atoms with E-state index < -0.39 is 5.97 Å². The van der Waals surface area contributed by atoms with Gasteiger partial charge in [0.2, 0.25) is 5.95 Å². The van der Waals surface area contributed by atoms with E-state index in [0.717, 1.165) is 5.75 Å². The van der Waals surface area contributed by atoms with Crippen molar-refractivity contribution in [1.82, 2.24) is 15.0 Å².